The van der Waals surface area contributed by atoms with Gasteiger partial charge in [0.05, 0.1) is 114 Å². The standard InChI is InChI=1S/3C20H29NO3.3C19H27NO3/c3*1-5-13(2)8-15-12-21-7-6-14-9-19(23-3)20(24-4)10-16(14)17(21)11-18(15)22;3*1-12(2)7-14-11-20-6-5-13-8-18(22-3)19(23-4)9-15(13)16(20)10-17(14)21/h3*9-10,13,15,17H,5-8,11-12H2,1-4H3;3*8-9,12,14,16H,5-7,10-11H2,1-4H3/i2D3,4D3,5D2,6D2,7D2,8D2,12D2,13D,15D,17D;2D3,4D3,5D2,8D2,11D2,12D2,13D,15D;2D3,4D3,5D2,8D2,12D2,13D;4D3,5D2,6D2,10D2,14D,16D;4D3,10D2,11D2,14D;4D3,5D2,6D2,16D. The molecule has 6 aromatic carbocycles. The predicted octanol–water partition coefficient (Wildman–Crippen LogP) is 20.6. The van der Waals surface area contributed by atoms with E-state index in [1.807, 2.05) is 13.8 Å². The molecule has 0 bridgehead atoms. The highest BCUT2D eigenvalue weighted by atomic mass is 16.5. The van der Waals surface area contributed by atoms with Crippen molar-refractivity contribution in [1.29, 1.82) is 0 Å². The number of ether oxygens (including phenoxy) is 12. The number of benzene rings is 6. The Bertz CT molecular complexity index is 8870. The lowest BCUT2D eigenvalue weighted by molar-refractivity contribution is -0.130. The molecule has 12 aliphatic heterocycles. The van der Waals surface area contributed by atoms with Crippen molar-refractivity contribution in [3.63, 3.8) is 0 Å². The van der Waals surface area contributed by atoms with E-state index >= 15 is 0 Å². The molecule has 12 heterocycles. The lowest BCUT2D eigenvalue weighted by Crippen LogP contribution is -2.46. The molecule has 0 radical (unpaired) electrons. The molecule has 6 fully saturated rings. The van der Waals surface area contributed by atoms with Gasteiger partial charge in [0.25, 0.3) is 0 Å². The monoisotopic (exact) mass is 2020 g/mol. The Kier molecular flexibility index (Phi) is 16.7. The molecule has 15 unspecified atom stereocenters. The van der Waals surface area contributed by atoms with Crippen molar-refractivity contribution in [2.75, 3.05) is 163 Å². The minimum Gasteiger partial charge on any atom is -0.493 e. The fourth-order valence-corrected chi connectivity index (χ4v) is 17.6. The summed E-state index contributed by atoms with van der Waals surface area (Å²) in [7, 11) is -10.1. The van der Waals surface area contributed by atoms with Gasteiger partial charge in [0.1, 0.15) is 34.7 Å². The number of carbonyl (C=O) groups is 6. The first-order valence-electron chi connectivity index (χ1n) is 82.5. The maximum absolute atomic E-state index is 13.8. The zero-order valence-corrected chi connectivity index (χ0v) is 80.5. The molecular formula is C117H168N6O18. The molecule has 18 rings (SSSR count). The Morgan fingerprint density at radius 1 is 0.326 bits per heavy atom. The maximum Gasteiger partial charge on any atom is 0.161 e. The van der Waals surface area contributed by atoms with Crippen molar-refractivity contribution in [3.05, 3.63) is 140 Å². The SMILES string of the molecule is [2H]C([2H])([2H])Oc1cc2c(cc1OC)C([2H])([2H])C([2H])([2H])N1C2([2H])CC(=O)C([2H])(C([2H])([2H])C([2H])(C([2H])([2H])[2H])C([2H])([2H])C)C1([2H])[2H].[2H]C([2H])([2H])Oc1cc2c(cc1OC)C([2H])([2H])C([2H])([2H])N1CC(CC(C)C)C(=O)CC21[2H].[2H]C([2H])([2H])Oc1cc2c(cc1OC)C([2H])([2H])C([2H])([2H])N1CC([2H])(CC(C)C)C(=O)C([2H])([2H])C21[2H].[2H]C([2H])([2H])Oc1cc2c(cc1OC)CCN1C2C([2H])([2H])C(=O)C([2H])(C([2H])([2H])C([2H])(C([2H])([2H])[2H])C([2H])([2H])C)C1([2H])[2H].[2H]C([2H])([2H])Oc1cc2c(cc1OC)CCN1C2C([2H])([2H])C(=O)C([2H])(CC(C)C)C1([2H])[2H].[2H]C([2H])([2H])Oc1cc2c(cc1OC)CCN1C2CC(=O)C(C([2H])([2H])C([2H])(C([2H])([2H])[2H])C([2H])([2H])C)C1([2H])[2H]. The molecule has 15 atom stereocenters. The van der Waals surface area contributed by atoms with Crippen LogP contribution in [0.25, 0.3) is 0 Å². The summed E-state index contributed by atoms with van der Waals surface area (Å²) < 4.78 is 677. The number of fused-ring (bicyclic) bond motifs is 18. The summed E-state index contributed by atoms with van der Waals surface area (Å²) in [6, 6.07) is 2.01. The Labute approximate surface area is 947 Å². The second-order valence-electron chi connectivity index (χ2n) is 34.8. The molecule has 0 amide bonds. The number of carbonyl (C=O) groups excluding carboxylic acids is 6. The van der Waals surface area contributed by atoms with Crippen LogP contribution in [0.4, 0.5) is 0 Å². The lowest BCUT2D eigenvalue weighted by atomic mass is 9.79. The zero-order valence-electron chi connectivity index (χ0n) is 155. The Morgan fingerprint density at radius 2 is 0.645 bits per heavy atom. The third-order valence-electron chi connectivity index (χ3n) is 24.4. The van der Waals surface area contributed by atoms with Crippen molar-refractivity contribution in [2.45, 2.75) is 253 Å². The topological polar surface area (TPSA) is 233 Å². The van der Waals surface area contributed by atoms with Crippen LogP contribution in [-0.2, 0) is 67.1 Å². The minimum absolute atomic E-state index is 0.00372. The highest BCUT2D eigenvalue weighted by molar-refractivity contribution is 5.86. The zero-order chi connectivity index (χ0) is 167. The van der Waals surface area contributed by atoms with Gasteiger partial charge in [-0.15, -0.1) is 0 Å². The molecule has 0 aromatic heterocycles. The van der Waals surface area contributed by atoms with Gasteiger partial charge in [0.15, 0.2) is 69.0 Å². The Hall–Kier alpha value is -9.30. The number of hydrogen-bond donors (Lipinski definition) is 0. The average Bonchev–Trinajstić information content (AvgIpc) is 0.645. The second kappa shape index (κ2) is 50.0. The Morgan fingerprint density at radius 3 is 1.06 bits per heavy atom. The van der Waals surface area contributed by atoms with E-state index in [-0.39, 0.29) is 154 Å². The van der Waals surface area contributed by atoms with Crippen molar-refractivity contribution in [3.8, 4) is 69.0 Å². The van der Waals surface area contributed by atoms with E-state index in [4.69, 9.17) is 158 Å². The number of nitrogens with zero attached hydrogens (tertiary/aromatic N) is 6. The molecule has 12 aliphatic rings. The summed E-state index contributed by atoms with van der Waals surface area (Å²) in [4.78, 5) is 85.0. The molecule has 24 heteroatoms. The van der Waals surface area contributed by atoms with Gasteiger partial charge in [0, 0.05) is 262 Å². The smallest absolute Gasteiger partial charge is 0.161 e. The van der Waals surface area contributed by atoms with Gasteiger partial charge >= 0.3 is 0 Å². The van der Waals surface area contributed by atoms with Crippen LogP contribution in [0.15, 0.2) is 72.8 Å². The number of hydrogen-bond acceptors (Lipinski definition) is 24. The van der Waals surface area contributed by atoms with E-state index in [1.54, 1.807) is 33.8 Å². The van der Waals surface area contributed by atoms with Crippen LogP contribution < -0.4 is 56.8 Å². The third kappa shape index (κ3) is 25.6. The molecule has 141 heavy (non-hydrogen) atoms. The highest BCUT2D eigenvalue weighted by Gasteiger charge is 2.47. The van der Waals surface area contributed by atoms with E-state index < -0.39 is 368 Å². The largest absolute Gasteiger partial charge is 0.493 e. The van der Waals surface area contributed by atoms with Crippen LogP contribution >= 0.6 is 0 Å². The molecule has 774 valence electrons. The normalized spacial score (nSPS) is 42.9. The van der Waals surface area contributed by atoms with E-state index in [9.17, 15) is 30.1 Å². The van der Waals surface area contributed by atoms with Crippen molar-refractivity contribution in [1.82, 2.24) is 29.4 Å². The molecule has 0 saturated carbocycles. The molecule has 0 spiro atoms. The number of piperidine rings is 6. The summed E-state index contributed by atoms with van der Waals surface area (Å²) >= 11 is 0. The number of methoxy groups -OCH3 is 12. The number of Topliss-reactive ketones (excluding diaryl/α,β-unsaturated/α-hetero) is 6. The van der Waals surface area contributed by atoms with Gasteiger partial charge < -0.3 is 56.8 Å². The summed E-state index contributed by atoms with van der Waals surface area (Å²) in [5, 5.41) is 0. The number of aryl methyl sites for hydroxylation is 3. The van der Waals surface area contributed by atoms with E-state index in [0.717, 1.165) is 56.4 Å². The predicted molar refractivity (Wildman–Crippen MR) is 555 cm³/mol. The van der Waals surface area contributed by atoms with E-state index in [2.05, 4.69) is 0 Å². The average molecular weight is 2020 g/mol. The van der Waals surface area contributed by atoms with Crippen LogP contribution in [-0.4, -0.2) is 227 Å². The fourth-order valence-electron chi connectivity index (χ4n) is 17.6. The van der Waals surface area contributed by atoms with Crippen LogP contribution in [0.5, 0.6) is 69.0 Å². The van der Waals surface area contributed by atoms with Crippen LogP contribution in [0.3, 0.4) is 0 Å². The molecule has 24 nitrogen and oxygen atoms in total. The van der Waals surface area contributed by atoms with Crippen LogP contribution in [0.1, 0.15) is 384 Å². The summed E-state index contributed by atoms with van der Waals surface area (Å²) in [6.07, 6.45) is -40.9. The molecule has 0 N–H and O–H groups in total. The lowest BCUT2D eigenvalue weighted by Gasteiger charge is -2.43. The fraction of sp³-hybridized carbons (Fsp3) is 0.641. The number of rotatable bonds is 27. The summed E-state index contributed by atoms with van der Waals surface area (Å²) in [5.41, 5.74) is -0.376. The Balaban J connectivity index is 0.000000207. The molecular weight excluding hydrogens is 1780 g/mol. The van der Waals surface area contributed by atoms with Gasteiger partial charge in [-0.3, -0.25) is 58.2 Å². The van der Waals surface area contributed by atoms with Gasteiger partial charge in [0.2, 0.25) is 0 Å². The first-order valence-corrected chi connectivity index (χ1v) is 45.0. The molecule has 0 aliphatic carbocycles. The summed E-state index contributed by atoms with van der Waals surface area (Å²) in [5.74, 6) is -36.9. The molecule has 6 aromatic rings. The van der Waals surface area contributed by atoms with Crippen LogP contribution in [0.2, 0.25) is 0 Å². The van der Waals surface area contributed by atoms with Gasteiger partial charge in [-0.2, -0.15) is 0 Å². The van der Waals surface area contributed by atoms with E-state index in [1.165, 1.54) is 74.6 Å². The third-order valence-corrected chi connectivity index (χ3v) is 24.4. The first-order chi connectivity index (χ1) is 96.2. The maximum atomic E-state index is 13.8. The van der Waals surface area contributed by atoms with E-state index in [0.29, 0.717) is 58.7 Å². The van der Waals surface area contributed by atoms with Gasteiger partial charge in [-0.1, -0.05) is 102 Å². The first kappa shape index (κ1) is 47.0. The van der Waals surface area contributed by atoms with Gasteiger partial charge in [-0.25, -0.2) is 0 Å². The highest BCUT2D eigenvalue weighted by Crippen LogP contribution is 2.51. The van der Waals surface area contributed by atoms with Crippen LogP contribution in [0, 0.1) is 70.8 Å². The molecule has 6 saturated heterocycles. The number of ketones is 6. The second-order valence-corrected chi connectivity index (χ2v) is 34.8. The van der Waals surface area contributed by atoms with Crippen molar-refractivity contribution in [2.24, 2.45) is 70.8 Å². The minimum atomic E-state index is -4.29. The van der Waals surface area contributed by atoms with Crippen molar-refractivity contribution < 1.29 is 188 Å². The summed E-state index contributed by atoms with van der Waals surface area (Å²) in [6.45, 7) is -22.0. The quantitative estimate of drug-likeness (QED) is 0.0466. The van der Waals surface area contributed by atoms with Gasteiger partial charge in [-0.05, 0) is 252 Å². The van der Waals surface area contributed by atoms with Crippen molar-refractivity contribution >= 4 is 34.7 Å².